The van der Waals surface area contributed by atoms with Crippen LogP contribution in [-0.4, -0.2) is 57.4 Å². The number of rotatable bonds is 4. The number of hydrogen-bond donors (Lipinski definition) is 1. The zero-order chi connectivity index (χ0) is 15.5. The second-order valence-corrected chi connectivity index (χ2v) is 9.27. The van der Waals surface area contributed by atoms with Gasteiger partial charge in [-0.25, -0.2) is 16.8 Å². The van der Waals surface area contributed by atoms with Gasteiger partial charge in [-0.05, 0) is 30.5 Å². The van der Waals surface area contributed by atoms with Crippen molar-refractivity contribution in [3.8, 4) is 0 Å². The lowest BCUT2D eigenvalue weighted by Gasteiger charge is -2.19. The molecule has 1 aromatic carbocycles. The van der Waals surface area contributed by atoms with Crippen LogP contribution in [0.1, 0.15) is 12.0 Å². The van der Waals surface area contributed by atoms with Crippen LogP contribution in [0.25, 0.3) is 0 Å². The Morgan fingerprint density at radius 1 is 1.10 bits per heavy atom. The Morgan fingerprint density at radius 3 is 2.38 bits per heavy atom. The van der Waals surface area contributed by atoms with E-state index in [-0.39, 0.29) is 36.1 Å². The highest BCUT2D eigenvalue weighted by Gasteiger charge is 2.28. The van der Waals surface area contributed by atoms with Crippen LogP contribution in [0.2, 0.25) is 0 Å². The van der Waals surface area contributed by atoms with Gasteiger partial charge in [-0.15, -0.1) is 0 Å². The maximum atomic E-state index is 12.5. The number of aliphatic hydroxyl groups is 1. The summed E-state index contributed by atoms with van der Waals surface area (Å²) >= 11 is 0. The number of nitrogens with zero attached hydrogens (tertiary/aromatic N) is 1. The molecule has 0 radical (unpaired) electrons. The van der Waals surface area contributed by atoms with E-state index < -0.39 is 19.9 Å². The zero-order valence-corrected chi connectivity index (χ0v) is 13.2. The minimum Gasteiger partial charge on any atom is -0.396 e. The maximum Gasteiger partial charge on any atom is 0.243 e. The molecule has 1 aliphatic rings. The highest BCUT2D eigenvalue weighted by molar-refractivity contribution is 7.91. The first-order chi connectivity index (χ1) is 9.85. The molecule has 118 valence electrons. The zero-order valence-electron chi connectivity index (χ0n) is 11.6. The fourth-order valence-electron chi connectivity index (χ4n) is 2.26. The van der Waals surface area contributed by atoms with Crippen LogP contribution in [0.15, 0.2) is 29.2 Å². The SMILES string of the molecule is O=S1(=O)CCCN(S(=O)(=O)c2ccc(CCO)cc2)CC1. The summed E-state index contributed by atoms with van der Waals surface area (Å²) in [5.41, 5.74) is 0.856. The van der Waals surface area contributed by atoms with Gasteiger partial charge in [-0.1, -0.05) is 12.1 Å². The lowest BCUT2D eigenvalue weighted by Crippen LogP contribution is -2.33. The van der Waals surface area contributed by atoms with Gasteiger partial charge in [0.2, 0.25) is 10.0 Å². The summed E-state index contributed by atoms with van der Waals surface area (Å²) in [5.74, 6) is -0.0940. The molecule has 1 aliphatic heterocycles. The number of benzene rings is 1. The van der Waals surface area contributed by atoms with Crippen LogP contribution < -0.4 is 0 Å². The van der Waals surface area contributed by atoms with E-state index in [0.717, 1.165) is 5.56 Å². The van der Waals surface area contributed by atoms with Crippen LogP contribution in [0, 0.1) is 0 Å². The molecule has 0 aromatic heterocycles. The fourth-order valence-corrected chi connectivity index (χ4v) is 5.13. The molecular formula is C13H19NO5S2. The molecule has 0 aliphatic carbocycles. The smallest absolute Gasteiger partial charge is 0.243 e. The van der Waals surface area contributed by atoms with Crippen molar-refractivity contribution in [3.63, 3.8) is 0 Å². The highest BCUT2D eigenvalue weighted by Crippen LogP contribution is 2.19. The summed E-state index contributed by atoms with van der Waals surface area (Å²) in [6.07, 6.45) is 0.798. The second kappa shape index (κ2) is 6.43. The van der Waals surface area contributed by atoms with Crippen molar-refractivity contribution in [1.82, 2.24) is 4.31 Å². The first-order valence-electron chi connectivity index (χ1n) is 6.75. The monoisotopic (exact) mass is 333 g/mol. The summed E-state index contributed by atoms with van der Waals surface area (Å²) in [7, 11) is -6.80. The topological polar surface area (TPSA) is 91.8 Å². The predicted molar refractivity (Wildman–Crippen MR) is 79.3 cm³/mol. The molecule has 21 heavy (non-hydrogen) atoms. The van der Waals surface area contributed by atoms with Gasteiger partial charge in [0.25, 0.3) is 0 Å². The summed E-state index contributed by atoms with van der Waals surface area (Å²) in [6, 6.07) is 6.33. The minimum atomic E-state index is -3.66. The Balaban J connectivity index is 2.21. The summed E-state index contributed by atoms with van der Waals surface area (Å²) in [4.78, 5) is 0.156. The van der Waals surface area contributed by atoms with Crippen LogP contribution in [0.3, 0.4) is 0 Å². The van der Waals surface area contributed by atoms with Gasteiger partial charge in [-0.2, -0.15) is 4.31 Å². The van der Waals surface area contributed by atoms with Crippen LogP contribution >= 0.6 is 0 Å². The van der Waals surface area contributed by atoms with Crippen molar-refractivity contribution < 1.29 is 21.9 Å². The largest absolute Gasteiger partial charge is 0.396 e. The number of sulfone groups is 1. The third kappa shape index (κ3) is 4.03. The second-order valence-electron chi connectivity index (χ2n) is 5.03. The number of hydrogen-bond acceptors (Lipinski definition) is 5. The lowest BCUT2D eigenvalue weighted by atomic mass is 10.2. The lowest BCUT2D eigenvalue weighted by molar-refractivity contribution is 0.299. The van der Waals surface area contributed by atoms with Crippen LogP contribution in [0.5, 0.6) is 0 Å². The molecule has 0 atom stereocenters. The maximum absolute atomic E-state index is 12.5. The van der Waals surface area contributed by atoms with Crippen molar-refractivity contribution in [2.45, 2.75) is 17.7 Å². The van der Waals surface area contributed by atoms with E-state index in [4.69, 9.17) is 5.11 Å². The molecule has 8 heteroatoms. The Hall–Kier alpha value is -0.960. The third-order valence-electron chi connectivity index (χ3n) is 3.48. The molecule has 1 heterocycles. The highest BCUT2D eigenvalue weighted by atomic mass is 32.2. The number of sulfonamides is 1. The predicted octanol–water partition coefficient (Wildman–Crippen LogP) is 0.0306. The molecule has 2 rings (SSSR count). The molecule has 1 N–H and O–H groups in total. The molecule has 0 saturated carbocycles. The van der Waals surface area contributed by atoms with Crippen LogP contribution in [0.4, 0.5) is 0 Å². The van der Waals surface area contributed by atoms with Crippen LogP contribution in [-0.2, 0) is 26.3 Å². The average Bonchev–Trinajstić information content (AvgIpc) is 2.61. The summed E-state index contributed by atoms with van der Waals surface area (Å²) < 4.78 is 49.3. The van der Waals surface area contributed by atoms with Crippen molar-refractivity contribution in [2.75, 3.05) is 31.2 Å². The Labute approximate surface area is 125 Å². The molecule has 0 bridgehead atoms. The van der Waals surface area contributed by atoms with E-state index in [9.17, 15) is 16.8 Å². The molecule has 1 saturated heterocycles. The Kier molecular flexibility index (Phi) is 5.03. The van der Waals surface area contributed by atoms with E-state index in [0.29, 0.717) is 12.8 Å². The van der Waals surface area contributed by atoms with Gasteiger partial charge in [0.1, 0.15) is 0 Å². The first-order valence-corrected chi connectivity index (χ1v) is 10.0. The Bertz CT molecular complexity index is 680. The van der Waals surface area contributed by atoms with Crippen molar-refractivity contribution in [2.24, 2.45) is 0 Å². The van der Waals surface area contributed by atoms with Gasteiger partial charge >= 0.3 is 0 Å². The average molecular weight is 333 g/mol. The number of aliphatic hydroxyl groups excluding tert-OH is 1. The summed E-state index contributed by atoms with van der Waals surface area (Å²) in [5, 5.41) is 8.85. The molecular weight excluding hydrogens is 314 g/mol. The molecule has 0 spiro atoms. The first kappa shape index (κ1) is 16.4. The van der Waals surface area contributed by atoms with E-state index in [1.54, 1.807) is 12.1 Å². The minimum absolute atomic E-state index is 0.00303. The van der Waals surface area contributed by atoms with Gasteiger partial charge in [0, 0.05) is 19.7 Å². The standard InChI is InChI=1S/C13H19NO5S2/c15-9-6-12-2-4-13(5-3-12)21(18,19)14-7-1-10-20(16,17)11-8-14/h2-5,15H,1,6-11H2. The van der Waals surface area contributed by atoms with Gasteiger partial charge in [0.05, 0.1) is 16.4 Å². The Morgan fingerprint density at radius 2 is 1.76 bits per heavy atom. The summed E-state index contributed by atoms with van der Waals surface area (Å²) in [6.45, 7) is 0.235. The molecule has 0 amide bonds. The van der Waals surface area contributed by atoms with Gasteiger partial charge < -0.3 is 5.11 Å². The van der Waals surface area contributed by atoms with E-state index in [2.05, 4.69) is 0 Å². The van der Waals surface area contributed by atoms with Gasteiger partial charge in [0.15, 0.2) is 9.84 Å². The molecule has 1 aromatic rings. The van der Waals surface area contributed by atoms with Crippen molar-refractivity contribution in [1.29, 1.82) is 0 Å². The van der Waals surface area contributed by atoms with E-state index in [1.165, 1.54) is 16.4 Å². The van der Waals surface area contributed by atoms with Crippen molar-refractivity contribution in [3.05, 3.63) is 29.8 Å². The van der Waals surface area contributed by atoms with E-state index in [1.807, 2.05) is 0 Å². The normalized spacial score (nSPS) is 20.0. The third-order valence-corrected chi connectivity index (χ3v) is 7.10. The fraction of sp³-hybridized carbons (Fsp3) is 0.538. The quantitative estimate of drug-likeness (QED) is 0.839. The van der Waals surface area contributed by atoms with Gasteiger partial charge in [-0.3, -0.25) is 0 Å². The molecule has 6 nitrogen and oxygen atoms in total. The van der Waals surface area contributed by atoms with Crippen molar-refractivity contribution >= 4 is 19.9 Å². The molecule has 0 unspecified atom stereocenters. The van der Waals surface area contributed by atoms with E-state index >= 15 is 0 Å². The molecule has 1 fully saturated rings.